The number of pyridine rings is 1. The molecule has 0 radical (unpaired) electrons. The summed E-state index contributed by atoms with van der Waals surface area (Å²) in [6.07, 6.45) is 5.85. The fraction of sp³-hybridized carbons (Fsp3) is 0.385. The molecule has 0 spiro atoms. The Hall–Kier alpha value is -1.68. The molecule has 0 saturated heterocycles. The van der Waals surface area contributed by atoms with Crippen molar-refractivity contribution in [2.75, 3.05) is 6.54 Å². The predicted molar refractivity (Wildman–Crippen MR) is 66.7 cm³/mol. The SMILES string of the molecule is CC/C(=C/CNCc1ccncc1C)C(=O)O. The van der Waals surface area contributed by atoms with E-state index in [2.05, 4.69) is 10.3 Å². The van der Waals surface area contributed by atoms with Gasteiger partial charge in [0, 0.05) is 31.1 Å². The van der Waals surface area contributed by atoms with E-state index < -0.39 is 5.97 Å². The molecule has 1 aromatic rings. The summed E-state index contributed by atoms with van der Waals surface area (Å²) in [4.78, 5) is 14.8. The number of rotatable bonds is 6. The molecule has 2 N–H and O–H groups in total. The van der Waals surface area contributed by atoms with Crippen LogP contribution in [0, 0.1) is 6.92 Å². The molecule has 4 nitrogen and oxygen atoms in total. The average molecular weight is 234 g/mol. The molecule has 0 fully saturated rings. The lowest BCUT2D eigenvalue weighted by Crippen LogP contribution is -2.15. The number of nitrogens with zero attached hydrogens (tertiary/aromatic N) is 1. The normalized spacial score (nSPS) is 11.5. The van der Waals surface area contributed by atoms with E-state index in [0.29, 0.717) is 18.5 Å². The van der Waals surface area contributed by atoms with Gasteiger partial charge in [0.05, 0.1) is 0 Å². The molecule has 0 unspecified atom stereocenters. The van der Waals surface area contributed by atoms with Gasteiger partial charge in [0.2, 0.25) is 0 Å². The van der Waals surface area contributed by atoms with Crippen LogP contribution >= 0.6 is 0 Å². The molecule has 1 rings (SSSR count). The van der Waals surface area contributed by atoms with Crippen LogP contribution in [0.15, 0.2) is 30.1 Å². The van der Waals surface area contributed by atoms with Crippen molar-refractivity contribution in [1.82, 2.24) is 10.3 Å². The molecular weight excluding hydrogens is 216 g/mol. The summed E-state index contributed by atoms with van der Waals surface area (Å²) in [5.74, 6) is -0.839. The lowest BCUT2D eigenvalue weighted by atomic mass is 10.1. The summed E-state index contributed by atoms with van der Waals surface area (Å²) in [6, 6.07) is 1.96. The number of aromatic nitrogens is 1. The van der Waals surface area contributed by atoms with E-state index in [4.69, 9.17) is 5.11 Å². The van der Waals surface area contributed by atoms with Crippen LogP contribution in [0.4, 0.5) is 0 Å². The van der Waals surface area contributed by atoms with Crippen LogP contribution < -0.4 is 5.32 Å². The maximum atomic E-state index is 10.7. The van der Waals surface area contributed by atoms with Gasteiger partial charge < -0.3 is 10.4 Å². The van der Waals surface area contributed by atoms with Crippen LogP contribution in [0.25, 0.3) is 0 Å². The molecule has 0 saturated carbocycles. The van der Waals surface area contributed by atoms with Crippen LogP contribution in [0.1, 0.15) is 24.5 Å². The van der Waals surface area contributed by atoms with E-state index in [9.17, 15) is 4.79 Å². The molecule has 1 aromatic heterocycles. The van der Waals surface area contributed by atoms with Crippen molar-refractivity contribution in [3.8, 4) is 0 Å². The molecule has 0 atom stereocenters. The Morgan fingerprint density at radius 3 is 2.94 bits per heavy atom. The van der Waals surface area contributed by atoms with Gasteiger partial charge in [0.15, 0.2) is 0 Å². The van der Waals surface area contributed by atoms with Gasteiger partial charge in [0.25, 0.3) is 0 Å². The zero-order chi connectivity index (χ0) is 12.7. The molecule has 0 amide bonds. The lowest BCUT2D eigenvalue weighted by molar-refractivity contribution is -0.132. The summed E-state index contributed by atoms with van der Waals surface area (Å²) in [5.41, 5.74) is 2.77. The number of aryl methyl sites for hydroxylation is 1. The van der Waals surface area contributed by atoms with Gasteiger partial charge in [-0.25, -0.2) is 4.79 Å². The Bertz CT molecular complexity index is 414. The number of hydrogen-bond donors (Lipinski definition) is 2. The minimum absolute atomic E-state index is 0.448. The maximum Gasteiger partial charge on any atom is 0.331 e. The molecule has 0 aliphatic carbocycles. The summed E-state index contributed by atoms with van der Waals surface area (Å²) >= 11 is 0. The molecular formula is C13H18N2O2. The van der Waals surface area contributed by atoms with Gasteiger partial charge in [-0.15, -0.1) is 0 Å². The van der Waals surface area contributed by atoms with Crippen molar-refractivity contribution in [3.05, 3.63) is 41.2 Å². The van der Waals surface area contributed by atoms with Crippen molar-refractivity contribution in [2.45, 2.75) is 26.8 Å². The Morgan fingerprint density at radius 1 is 1.59 bits per heavy atom. The van der Waals surface area contributed by atoms with Crippen molar-refractivity contribution in [1.29, 1.82) is 0 Å². The van der Waals surface area contributed by atoms with Crippen molar-refractivity contribution in [3.63, 3.8) is 0 Å². The summed E-state index contributed by atoms with van der Waals surface area (Å²) < 4.78 is 0. The Morgan fingerprint density at radius 2 is 2.35 bits per heavy atom. The first-order chi connectivity index (χ1) is 8.15. The molecule has 17 heavy (non-hydrogen) atoms. The van der Waals surface area contributed by atoms with E-state index in [-0.39, 0.29) is 0 Å². The first-order valence-electron chi connectivity index (χ1n) is 5.67. The standard InChI is InChI=1S/C13H18N2O2/c1-3-11(13(16)17)4-6-15-9-12-5-7-14-8-10(12)2/h4-5,7-8,15H,3,6,9H2,1-2H3,(H,16,17)/b11-4-. The largest absolute Gasteiger partial charge is 0.478 e. The van der Waals surface area contributed by atoms with Gasteiger partial charge in [-0.05, 0) is 30.5 Å². The number of carboxylic acids is 1. The van der Waals surface area contributed by atoms with Crippen LogP contribution in [-0.2, 0) is 11.3 Å². The Kier molecular flexibility index (Phi) is 5.36. The Balaban J connectivity index is 2.43. The van der Waals surface area contributed by atoms with E-state index >= 15 is 0 Å². The highest BCUT2D eigenvalue weighted by atomic mass is 16.4. The minimum atomic E-state index is -0.839. The maximum absolute atomic E-state index is 10.7. The topological polar surface area (TPSA) is 62.2 Å². The highest BCUT2D eigenvalue weighted by Gasteiger charge is 2.02. The quantitative estimate of drug-likeness (QED) is 0.583. The lowest BCUT2D eigenvalue weighted by Gasteiger charge is -2.05. The first kappa shape index (κ1) is 13.4. The monoisotopic (exact) mass is 234 g/mol. The van der Waals surface area contributed by atoms with Gasteiger partial charge >= 0.3 is 5.97 Å². The van der Waals surface area contributed by atoms with Crippen molar-refractivity contribution < 1.29 is 9.90 Å². The van der Waals surface area contributed by atoms with Gasteiger partial charge in [-0.3, -0.25) is 4.98 Å². The second kappa shape index (κ2) is 6.81. The van der Waals surface area contributed by atoms with E-state index in [1.807, 2.05) is 26.1 Å². The molecule has 0 bridgehead atoms. The second-order valence-corrected chi connectivity index (χ2v) is 3.82. The van der Waals surface area contributed by atoms with E-state index in [1.54, 1.807) is 12.3 Å². The van der Waals surface area contributed by atoms with Crippen LogP contribution in [0.2, 0.25) is 0 Å². The molecule has 0 aliphatic heterocycles. The molecule has 0 aliphatic rings. The number of carboxylic acid groups (broad SMARTS) is 1. The fourth-order valence-corrected chi connectivity index (χ4v) is 1.49. The number of nitrogens with one attached hydrogen (secondary N) is 1. The van der Waals surface area contributed by atoms with Crippen LogP contribution in [0.5, 0.6) is 0 Å². The first-order valence-corrected chi connectivity index (χ1v) is 5.67. The molecule has 92 valence electrons. The fourth-order valence-electron chi connectivity index (χ4n) is 1.49. The van der Waals surface area contributed by atoms with Crippen molar-refractivity contribution in [2.24, 2.45) is 0 Å². The summed E-state index contributed by atoms with van der Waals surface area (Å²) in [6.45, 7) is 5.14. The average Bonchev–Trinajstić information content (AvgIpc) is 2.31. The molecule has 1 heterocycles. The van der Waals surface area contributed by atoms with Gasteiger partial charge in [0.1, 0.15) is 0 Å². The van der Waals surface area contributed by atoms with Crippen molar-refractivity contribution >= 4 is 5.97 Å². The third kappa shape index (κ3) is 4.36. The number of carbonyl (C=O) groups is 1. The van der Waals surface area contributed by atoms with Crippen LogP contribution in [-0.4, -0.2) is 22.6 Å². The number of hydrogen-bond acceptors (Lipinski definition) is 3. The third-order valence-electron chi connectivity index (χ3n) is 2.60. The zero-order valence-electron chi connectivity index (χ0n) is 10.2. The highest BCUT2D eigenvalue weighted by molar-refractivity contribution is 5.86. The summed E-state index contributed by atoms with van der Waals surface area (Å²) in [7, 11) is 0. The van der Waals surface area contributed by atoms with Gasteiger partial charge in [-0.2, -0.15) is 0 Å². The minimum Gasteiger partial charge on any atom is -0.478 e. The highest BCUT2D eigenvalue weighted by Crippen LogP contribution is 2.04. The zero-order valence-corrected chi connectivity index (χ0v) is 10.2. The second-order valence-electron chi connectivity index (χ2n) is 3.82. The van der Waals surface area contributed by atoms with Gasteiger partial charge in [-0.1, -0.05) is 13.0 Å². The third-order valence-corrected chi connectivity index (χ3v) is 2.60. The van der Waals surface area contributed by atoms with E-state index in [1.165, 1.54) is 5.56 Å². The number of aliphatic carboxylic acids is 1. The Labute approximate surface area is 101 Å². The van der Waals surface area contributed by atoms with Crippen LogP contribution in [0.3, 0.4) is 0 Å². The summed E-state index contributed by atoms with van der Waals surface area (Å²) in [5, 5.41) is 12.0. The smallest absolute Gasteiger partial charge is 0.331 e. The predicted octanol–water partition coefficient (Wildman–Crippen LogP) is 1.90. The molecule has 0 aromatic carbocycles. The van der Waals surface area contributed by atoms with E-state index in [0.717, 1.165) is 12.1 Å². The molecule has 4 heteroatoms.